The topological polar surface area (TPSA) is 89.3 Å². The van der Waals surface area contributed by atoms with Gasteiger partial charge in [-0.05, 0) is 12.8 Å². The van der Waals surface area contributed by atoms with E-state index in [4.69, 9.17) is 10.9 Å². The molecule has 88 valence electrons. The second kappa shape index (κ2) is 4.96. The first kappa shape index (κ1) is 10.9. The van der Waals surface area contributed by atoms with E-state index in [2.05, 4.69) is 15.2 Å². The molecular weight excluding hydrogens is 206 g/mol. The first-order valence-corrected chi connectivity index (χ1v) is 5.70. The van der Waals surface area contributed by atoms with Crippen molar-refractivity contribution >= 4 is 5.84 Å². The van der Waals surface area contributed by atoms with Crippen LogP contribution in [0, 0.1) is 0 Å². The van der Waals surface area contributed by atoms with Crippen molar-refractivity contribution in [3.63, 3.8) is 0 Å². The maximum absolute atomic E-state index is 8.53. The molecular formula is C10H17N5O. The van der Waals surface area contributed by atoms with E-state index in [0.717, 1.165) is 12.8 Å². The molecule has 1 fully saturated rings. The van der Waals surface area contributed by atoms with Gasteiger partial charge in [-0.3, -0.25) is 0 Å². The summed E-state index contributed by atoms with van der Waals surface area (Å²) in [5.74, 6) is 0.263. The lowest BCUT2D eigenvalue weighted by molar-refractivity contribution is 0.318. The maximum Gasteiger partial charge on any atom is 0.219 e. The highest BCUT2D eigenvalue weighted by Gasteiger charge is 2.16. The van der Waals surface area contributed by atoms with Crippen molar-refractivity contribution in [3.05, 3.63) is 12.2 Å². The van der Waals surface area contributed by atoms with Gasteiger partial charge in [0.1, 0.15) is 6.33 Å². The van der Waals surface area contributed by atoms with E-state index in [-0.39, 0.29) is 5.84 Å². The molecule has 0 spiro atoms. The number of rotatable bonds is 2. The molecule has 1 aliphatic carbocycles. The van der Waals surface area contributed by atoms with Crippen molar-refractivity contribution in [2.24, 2.45) is 10.9 Å². The Morgan fingerprint density at radius 3 is 2.69 bits per heavy atom. The normalized spacial score (nSPS) is 19.6. The zero-order valence-electron chi connectivity index (χ0n) is 9.21. The third-order valence-electron chi connectivity index (χ3n) is 3.04. The smallest absolute Gasteiger partial charge is 0.219 e. The van der Waals surface area contributed by atoms with Gasteiger partial charge < -0.3 is 10.9 Å². The summed E-state index contributed by atoms with van der Waals surface area (Å²) in [4.78, 5) is 4.03. The standard InChI is InChI=1S/C10H17N5O/c11-9(14-16)10-12-7-15(13-10)8-5-3-1-2-4-6-8/h7-8,16H,1-6H2,(H2,11,14). The average molecular weight is 223 g/mol. The molecule has 1 aromatic rings. The van der Waals surface area contributed by atoms with Crippen LogP contribution in [0.5, 0.6) is 0 Å². The predicted molar refractivity (Wildman–Crippen MR) is 59.3 cm³/mol. The number of hydrogen-bond donors (Lipinski definition) is 2. The molecule has 0 amide bonds. The van der Waals surface area contributed by atoms with Crippen LogP contribution in [0.2, 0.25) is 0 Å². The van der Waals surface area contributed by atoms with Crippen LogP contribution in [0.3, 0.4) is 0 Å². The lowest BCUT2D eigenvalue weighted by Gasteiger charge is -2.13. The highest BCUT2D eigenvalue weighted by atomic mass is 16.4. The van der Waals surface area contributed by atoms with Gasteiger partial charge in [-0.25, -0.2) is 9.67 Å². The Kier molecular flexibility index (Phi) is 3.38. The summed E-state index contributed by atoms with van der Waals surface area (Å²) >= 11 is 0. The zero-order valence-corrected chi connectivity index (χ0v) is 9.21. The van der Waals surface area contributed by atoms with Gasteiger partial charge in [0.15, 0.2) is 0 Å². The molecule has 1 aromatic heterocycles. The minimum absolute atomic E-state index is 0.0348. The van der Waals surface area contributed by atoms with Gasteiger partial charge in [-0.2, -0.15) is 0 Å². The molecule has 1 saturated carbocycles. The Balaban J connectivity index is 2.11. The molecule has 1 heterocycles. The molecule has 0 radical (unpaired) electrons. The van der Waals surface area contributed by atoms with Crippen LogP contribution >= 0.6 is 0 Å². The van der Waals surface area contributed by atoms with Crippen molar-refractivity contribution < 1.29 is 5.21 Å². The van der Waals surface area contributed by atoms with E-state index in [1.807, 2.05) is 4.68 Å². The predicted octanol–water partition coefficient (Wildman–Crippen LogP) is 1.27. The van der Waals surface area contributed by atoms with Gasteiger partial charge in [0.25, 0.3) is 0 Å². The Hall–Kier alpha value is -1.59. The average Bonchev–Trinajstić information content (AvgIpc) is 2.64. The molecule has 0 aromatic carbocycles. The molecule has 0 atom stereocenters. The van der Waals surface area contributed by atoms with Crippen LogP contribution in [-0.4, -0.2) is 25.8 Å². The second-order valence-corrected chi connectivity index (χ2v) is 4.18. The Labute approximate surface area is 94.2 Å². The quantitative estimate of drug-likeness (QED) is 0.260. The van der Waals surface area contributed by atoms with E-state index >= 15 is 0 Å². The fourth-order valence-electron chi connectivity index (χ4n) is 2.14. The number of aromatic nitrogens is 3. The van der Waals surface area contributed by atoms with E-state index in [1.165, 1.54) is 25.7 Å². The van der Waals surface area contributed by atoms with Crippen molar-refractivity contribution in [2.75, 3.05) is 0 Å². The Morgan fingerprint density at radius 2 is 2.06 bits per heavy atom. The molecule has 1 aliphatic rings. The van der Waals surface area contributed by atoms with Crippen LogP contribution in [0.15, 0.2) is 11.5 Å². The van der Waals surface area contributed by atoms with Gasteiger partial charge >= 0.3 is 0 Å². The summed E-state index contributed by atoms with van der Waals surface area (Å²) in [7, 11) is 0. The summed E-state index contributed by atoms with van der Waals surface area (Å²) in [5, 5.41) is 15.7. The largest absolute Gasteiger partial charge is 0.409 e. The lowest BCUT2D eigenvalue weighted by Crippen LogP contribution is -2.16. The van der Waals surface area contributed by atoms with E-state index in [1.54, 1.807) is 6.33 Å². The number of hydrogen-bond acceptors (Lipinski definition) is 4. The van der Waals surface area contributed by atoms with Gasteiger partial charge in [0.05, 0.1) is 6.04 Å². The fraction of sp³-hybridized carbons (Fsp3) is 0.700. The molecule has 0 unspecified atom stereocenters. The Bertz CT molecular complexity index is 365. The van der Waals surface area contributed by atoms with Crippen LogP contribution in [-0.2, 0) is 0 Å². The summed E-state index contributed by atoms with van der Waals surface area (Å²) in [6.07, 6.45) is 9.03. The molecule has 6 heteroatoms. The van der Waals surface area contributed by atoms with Crippen LogP contribution < -0.4 is 5.73 Å². The third-order valence-corrected chi connectivity index (χ3v) is 3.04. The first-order chi connectivity index (χ1) is 7.81. The van der Waals surface area contributed by atoms with E-state index < -0.39 is 0 Å². The minimum Gasteiger partial charge on any atom is -0.409 e. The molecule has 2 rings (SSSR count). The number of amidine groups is 1. The van der Waals surface area contributed by atoms with Crippen molar-refractivity contribution in [1.29, 1.82) is 0 Å². The van der Waals surface area contributed by atoms with Crippen LogP contribution in [0.4, 0.5) is 0 Å². The van der Waals surface area contributed by atoms with Gasteiger partial charge in [0, 0.05) is 0 Å². The molecule has 0 bridgehead atoms. The maximum atomic E-state index is 8.53. The van der Waals surface area contributed by atoms with Gasteiger partial charge in [-0.15, -0.1) is 5.10 Å². The highest BCUT2D eigenvalue weighted by Crippen LogP contribution is 2.25. The number of oxime groups is 1. The SMILES string of the molecule is NC(=NO)c1ncn(C2CCCCCC2)n1. The van der Waals surface area contributed by atoms with Crippen LogP contribution in [0.1, 0.15) is 50.4 Å². The van der Waals surface area contributed by atoms with Gasteiger partial charge in [-0.1, -0.05) is 30.8 Å². The highest BCUT2D eigenvalue weighted by molar-refractivity contribution is 5.93. The Morgan fingerprint density at radius 1 is 1.38 bits per heavy atom. The minimum atomic E-state index is -0.0348. The first-order valence-electron chi connectivity index (χ1n) is 5.70. The van der Waals surface area contributed by atoms with Crippen molar-refractivity contribution in [3.8, 4) is 0 Å². The van der Waals surface area contributed by atoms with Crippen molar-refractivity contribution in [1.82, 2.24) is 14.8 Å². The fourth-order valence-corrected chi connectivity index (χ4v) is 2.14. The van der Waals surface area contributed by atoms with E-state index in [9.17, 15) is 0 Å². The summed E-state index contributed by atoms with van der Waals surface area (Å²) in [5.41, 5.74) is 5.43. The third kappa shape index (κ3) is 2.32. The van der Waals surface area contributed by atoms with Gasteiger partial charge in [0.2, 0.25) is 11.7 Å². The second-order valence-electron chi connectivity index (χ2n) is 4.18. The number of nitrogens with two attached hydrogens (primary N) is 1. The zero-order chi connectivity index (χ0) is 11.4. The molecule has 16 heavy (non-hydrogen) atoms. The monoisotopic (exact) mass is 223 g/mol. The molecule has 6 nitrogen and oxygen atoms in total. The van der Waals surface area contributed by atoms with Crippen molar-refractivity contribution in [2.45, 2.75) is 44.6 Å². The summed E-state index contributed by atoms with van der Waals surface area (Å²) in [6.45, 7) is 0. The molecule has 0 saturated heterocycles. The summed E-state index contributed by atoms with van der Waals surface area (Å²) < 4.78 is 1.85. The summed E-state index contributed by atoms with van der Waals surface area (Å²) in [6, 6.07) is 0.412. The molecule has 3 N–H and O–H groups in total. The van der Waals surface area contributed by atoms with Crippen LogP contribution in [0.25, 0.3) is 0 Å². The molecule has 0 aliphatic heterocycles. The number of nitrogens with zero attached hydrogens (tertiary/aromatic N) is 4. The lowest BCUT2D eigenvalue weighted by atomic mass is 10.1. The van der Waals surface area contributed by atoms with E-state index in [0.29, 0.717) is 11.9 Å².